The number of hydrogen-bond donors (Lipinski definition) is 2. The van der Waals surface area contributed by atoms with Crippen LogP contribution in [0.5, 0.6) is 0 Å². The van der Waals surface area contributed by atoms with Crippen LogP contribution in [0.4, 0.5) is 10.1 Å². The van der Waals surface area contributed by atoms with Crippen molar-refractivity contribution in [1.29, 1.82) is 0 Å². The topological polar surface area (TPSA) is 74.8 Å². The van der Waals surface area contributed by atoms with Crippen molar-refractivity contribution >= 4 is 33.4 Å². The van der Waals surface area contributed by atoms with Gasteiger partial charge in [0.1, 0.15) is 5.82 Å². The summed E-state index contributed by atoms with van der Waals surface area (Å²) in [5.41, 5.74) is 2.65. The van der Waals surface area contributed by atoms with Crippen molar-refractivity contribution < 1.29 is 9.18 Å². The predicted octanol–water partition coefficient (Wildman–Crippen LogP) is 3.78. The number of anilines is 1. The van der Waals surface area contributed by atoms with Gasteiger partial charge in [0.05, 0.1) is 11.2 Å². The summed E-state index contributed by atoms with van der Waals surface area (Å²) in [7, 11) is 0. The van der Waals surface area contributed by atoms with E-state index in [1.54, 1.807) is 43.5 Å². The Balaban J connectivity index is 1.74. The number of carbonyl (C=O) groups is 1. The number of aromatic nitrogens is 2. The van der Waals surface area contributed by atoms with Crippen molar-refractivity contribution in [3.8, 4) is 0 Å². The lowest BCUT2D eigenvalue weighted by Crippen LogP contribution is -2.13. The molecule has 2 aromatic carbocycles. The highest BCUT2D eigenvalue weighted by atomic mass is 19.1. The number of nitrogens with one attached hydrogen (secondary N) is 2. The van der Waals surface area contributed by atoms with Gasteiger partial charge in [0.15, 0.2) is 5.43 Å². The van der Waals surface area contributed by atoms with E-state index in [0.29, 0.717) is 33.1 Å². The molecule has 5 nitrogen and oxygen atoms in total. The van der Waals surface area contributed by atoms with Crippen LogP contribution in [0.2, 0.25) is 0 Å². The second-order valence-corrected chi connectivity index (χ2v) is 6.05. The minimum absolute atomic E-state index is 0.151. The van der Waals surface area contributed by atoms with Crippen molar-refractivity contribution in [1.82, 2.24) is 9.97 Å². The van der Waals surface area contributed by atoms with Gasteiger partial charge < -0.3 is 10.3 Å². The van der Waals surface area contributed by atoms with Crippen molar-refractivity contribution in [2.75, 3.05) is 5.32 Å². The van der Waals surface area contributed by atoms with E-state index in [4.69, 9.17) is 0 Å². The van der Waals surface area contributed by atoms with Crippen LogP contribution in [0, 0.1) is 12.7 Å². The van der Waals surface area contributed by atoms with Crippen molar-refractivity contribution in [3.05, 3.63) is 82.0 Å². The van der Waals surface area contributed by atoms with Gasteiger partial charge in [-0.15, -0.1) is 0 Å². The SMILES string of the molecule is Cc1cc(=O)c2cc(C(=O)Nc3ccnc4ccc(F)cc34)ccc2[nH]1. The second kappa shape index (κ2) is 6.07. The highest BCUT2D eigenvalue weighted by Crippen LogP contribution is 2.23. The number of amides is 1. The first-order chi connectivity index (χ1) is 12.5. The van der Waals surface area contributed by atoms with Gasteiger partial charge in [-0.1, -0.05) is 0 Å². The number of nitrogens with zero attached hydrogens (tertiary/aromatic N) is 1. The Morgan fingerprint density at radius 2 is 1.92 bits per heavy atom. The summed E-state index contributed by atoms with van der Waals surface area (Å²) >= 11 is 0. The third kappa shape index (κ3) is 2.82. The van der Waals surface area contributed by atoms with Gasteiger partial charge >= 0.3 is 0 Å². The maximum atomic E-state index is 13.5. The zero-order valence-corrected chi connectivity index (χ0v) is 13.8. The van der Waals surface area contributed by atoms with Gasteiger partial charge in [0, 0.05) is 39.8 Å². The first kappa shape index (κ1) is 16.0. The molecule has 1 amide bonds. The molecular weight excluding hydrogens is 333 g/mol. The number of hydrogen-bond acceptors (Lipinski definition) is 3. The van der Waals surface area contributed by atoms with E-state index in [2.05, 4.69) is 15.3 Å². The predicted molar refractivity (Wildman–Crippen MR) is 99.0 cm³/mol. The molecule has 2 heterocycles. The fourth-order valence-electron chi connectivity index (χ4n) is 2.94. The minimum Gasteiger partial charge on any atom is -0.358 e. The van der Waals surface area contributed by atoms with Gasteiger partial charge in [-0.05, 0) is 49.4 Å². The van der Waals surface area contributed by atoms with Gasteiger partial charge in [-0.3, -0.25) is 14.6 Å². The molecular formula is C20H14FN3O2. The number of H-pyrrole nitrogens is 1. The molecule has 0 bridgehead atoms. The fourth-order valence-corrected chi connectivity index (χ4v) is 2.94. The van der Waals surface area contributed by atoms with Crippen LogP contribution < -0.4 is 10.7 Å². The van der Waals surface area contributed by atoms with Crippen LogP contribution in [0.3, 0.4) is 0 Å². The average molecular weight is 347 g/mol. The van der Waals surface area contributed by atoms with E-state index in [0.717, 1.165) is 5.69 Å². The van der Waals surface area contributed by atoms with Crippen molar-refractivity contribution in [2.45, 2.75) is 6.92 Å². The Hall–Kier alpha value is -3.54. The zero-order chi connectivity index (χ0) is 18.3. The molecule has 0 fully saturated rings. The van der Waals surface area contributed by atoms with Crippen LogP contribution in [-0.4, -0.2) is 15.9 Å². The molecule has 0 saturated carbocycles. The standard InChI is InChI=1S/C20H14FN3O2/c1-11-8-19(25)15-9-12(2-4-17(15)23-11)20(26)24-18-6-7-22-16-5-3-13(21)10-14(16)18/h2-10H,1H3,(H,23,25)(H,22,24,26). The van der Waals surface area contributed by atoms with Crippen LogP contribution in [-0.2, 0) is 0 Å². The summed E-state index contributed by atoms with van der Waals surface area (Å²) in [5.74, 6) is -0.794. The molecule has 0 saturated heterocycles. The fraction of sp³-hybridized carbons (Fsp3) is 0.0500. The van der Waals surface area contributed by atoms with Gasteiger partial charge in [-0.25, -0.2) is 4.39 Å². The van der Waals surface area contributed by atoms with Crippen molar-refractivity contribution in [2.24, 2.45) is 0 Å². The molecule has 26 heavy (non-hydrogen) atoms. The Bertz CT molecular complexity index is 1230. The lowest BCUT2D eigenvalue weighted by Gasteiger charge is -2.09. The number of rotatable bonds is 2. The number of aromatic amines is 1. The minimum atomic E-state index is -0.409. The van der Waals surface area contributed by atoms with Gasteiger partial charge in [0.2, 0.25) is 0 Å². The smallest absolute Gasteiger partial charge is 0.255 e. The van der Waals surface area contributed by atoms with Gasteiger partial charge in [-0.2, -0.15) is 0 Å². The van der Waals surface area contributed by atoms with Crippen LogP contribution in [0.1, 0.15) is 16.1 Å². The number of benzene rings is 2. The maximum Gasteiger partial charge on any atom is 0.255 e. The van der Waals surface area contributed by atoms with E-state index in [9.17, 15) is 14.0 Å². The summed E-state index contributed by atoms with van der Waals surface area (Å²) in [4.78, 5) is 32.0. The first-order valence-electron chi connectivity index (χ1n) is 8.00. The van der Waals surface area contributed by atoms with E-state index in [1.807, 2.05) is 0 Å². The molecule has 0 atom stereocenters. The largest absolute Gasteiger partial charge is 0.358 e. The Morgan fingerprint density at radius 3 is 2.77 bits per heavy atom. The van der Waals surface area contributed by atoms with Crippen LogP contribution in [0.25, 0.3) is 21.8 Å². The van der Waals surface area contributed by atoms with E-state index in [1.165, 1.54) is 18.2 Å². The molecule has 4 rings (SSSR count). The van der Waals surface area contributed by atoms with Crippen LogP contribution >= 0.6 is 0 Å². The second-order valence-electron chi connectivity index (χ2n) is 6.05. The molecule has 0 aliphatic heterocycles. The molecule has 0 spiro atoms. The van der Waals surface area contributed by atoms with Crippen molar-refractivity contribution in [3.63, 3.8) is 0 Å². The first-order valence-corrected chi connectivity index (χ1v) is 8.00. The molecule has 4 aromatic rings. The van der Waals surface area contributed by atoms with Gasteiger partial charge in [0.25, 0.3) is 5.91 Å². The van der Waals surface area contributed by atoms with E-state index < -0.39 is 5.82 Å². The van der Waals surface area contributed by atoms with E-state index in [-0.39, 0.29) is 11.3 Å². The summed E-state index contributed by atoms with van der Waals surface area (Å²) in [5, 5.41) is 3.71. The number of halogens is 1. The average Bonchev–Trinajstić information content (AvgIpc) is 2.62. The summed E-state index contributed by atoms with van der Waals surface area (Å²) < 4.78 is 13.5. The molecule has 2 aromatic heterocycles. The molecule has 0 unspecified atom stereocenters. The van der Waals surface area contributed by atoms with E-state index >= 15 is 0 Å². The van der Waals surface area contributed by atoms with Crippen LogP contribution in [0.15, 0.2) is 59.5 Å². The molecule has 128 valence electrons. The molecule has 0 aliphatic carbocycles. The number of aryl methyl sites for hydroxylation is 1. The molecule has 0 radical (unpaired) electrons. The lowest BCUT2D eigenvalue weighted by molar-refractivity contribution is 0.102. The number of fused-ring (bicyclic) bond motifs is 2. The Morgan fingerprint density at radius 1 is 1.08 bits per heavy atom. The highest BCUT2D eigenvalue weighted by molar-refractivity contribution is 6.09. The zero-order valence-electron chi connectivity index (χ0n) is 13.8. The quantitative estimate of drug-likeness (QED) is 0.579. The number of pyridine rings is 2. The monoisotopic (exact) mass is 347 g/mol. The third-order valence-corrected chi connectivity index (χ3v) is 4.18. The lowest BCUT2D eigenvalue weighted by atomic mass is 10.1. The Kier molecular flexibility index (Phi) is 3.73. The third-order valence-electron chi connectivity index (χ3n) is 4.18. The summed E-state index contributed by atoms with van der Waals surface area (Å²) in [6, 6.07) is 12.2. The molecule has 2 N–H and O–H groups in total. The molecule has 0 aliphatic rings. The summed E-state index contributed by atoms with van der Waals surface area (Å²) in [6.45, 7) is 1.80. The maximum absolute atomic E-state index is 13.5. The normalized spacial score (nSPS) is 11.0. The summed E-state index contributed by atoms with van der Waals surface area (Å²) in [6.07, 6.45) is 1.55. The molecule has 6 heteroatoms. The highest BCUT2D eigenvalue weighted by Gasteiger charge is 2.11. The number of carbonyl (C=O) groups excluding carboxylic acids is 1. The Labute approximate surface area is 147 Å².